The average molecular weight is 399 g/mol. The zero-order valence-electron chi connectivity index (χ0n) is 17.0. The van der Waals surface area contributed by atoms with Crippen LogP contribution in [0.15, 0.2) is 48.5 Å². The molecular weight excluding hydrogens is 368 g/mol. The molecule has 150 valence electrons. The van der Waals surface area contributed by atoms with Crippen LogP contribution in [0, 0.1) is 0 Å². The van der Waals surface area contributed by atoms with Gasteiger partial charge in [0.15, 0.2) is 5.11 Å². The van der Waals surface area contributed by atoms with E-state index >= 15 is 0 Å². The van der Waals surface area contributed by atoms with Gasteiger partial charge in [0.2, 0.25) is 0 Å². The molecule has 5 heteroatoms. The minimum Gasteiger partial charge on any atom is -0.497 e. The van der Waals surface area contributed by atoms with Gasteiger partial charge in [-0.1, -0.05) is 43.2 Å². The molecule has 0 spiro atoms. The van der Waals surface area contributed by atoms with Crippen LogP contribution < -0.4 is 14.8 Å². The first-order chi connectivity index (χ1) is 13.6. The lowest BCUT2D eigenvalue weighted by Gasteiger charge is -2.33. The fraction of sp³-hybridized carbons (Fsp3) is 0.435. The maximum Gasteiger partial charge on any atom is 0.169 e. The number of rotatable bonds is 7. The zero-order valence-corrected chi connectivity index (χ0v) is 17.8. The van der Waals surface area contributed by atoms with E-state index in [0.717, 1.165) is 28.7 Å². The Morgan fingerprint density at radius 1 is 1.11 bits per heavy atom. The molecule has 1 unspecified atom stereocenters. The third-order valence-electron chi connectivity index (χ3n) is 5.50. The van der Waals surface area contributed by atoms with Crippen LogP contribution in [0.2, 0.25) is 0 Å². The third-order valence-corrected chi connectivity index (χ3v) is 5.85. The predicted molar refractivity (Wildman–Crippen MR) is 118 cm³/mol. The van der Waals surface area contributed by atoms with Crippen molar-refractivity contribution in [1.82, 2.24) is 10.2 Å². The smallest absolute Gasteiger partial charge is 0.169 e. The quantitative estimate of drug-likeness (QED) is 0.658. The van der Waals surface area contributed by atoms with E-state index in [9.17, 15) is 0 Å². The monoisotopic (exact) mass is 398 g/mol. The van der Waals surface area contributed by atoms with Crippen molar-refractivity contribution in [3.63, 3.8) is 0 Å². The van der Waals surface area contributed by atoms with E-state index in [4.69, 9.17) is 21.7 Å². The van der Waals surface area contributed by atoms with Crippen molar-refractivity contribution in [3.05, 3.63) is 59.7 Å². The molecule has 1 aliphatic rings. The van der Waals surface area contributed by atoms with E-state index in [2.05, 4.69) is 47.5 Å². The van der Waals surface area contributed by atoms with Crippen molar-refractivity contribution in [2.75, 3.05) is 14.2 Å². The van der Waals surface area contributed by atoms with E-state index < -0.39 is 0 Å². The number of thiocarbonyl (C=S) groups is 1. The van der Waals surface area contributed by atoms with Gasteiger partial charge in [-0.05, 0) is 49.7 Å². The van der Waals surface area contributed by atoms with Crippen LogP contribution in [0.4, 0.5) is 0 Å². The maximum absolute atomic E-state index is 5.86. The molecule has 2 aromatic rings. The molecule has 0 bridgehead atoms. The summed E-state index contributed by atoms with van der Waals surface area (Å²) < 4.78 is 10.9. The third kappa shape index (κ3) is 4.96. The van der Waals surface area contributed by atoms with Crippen molar-refractivity contribution in [2.24, 2.45) is 0 Å². The topological polar surface area (TPSA) is 33.7 Å². The Morgan fingerprint density at radius 2 is 1.82 bits per heavy atom. The SMILES string of the molecule is COc1ccc(CN(C(=S)NC(C)c2ccccc2)C2CCCC2)c(OC)c1. The van der Waals surface area contributed by atoms with Gasteiger partial charge in [0.25, 0.3) is 0 Å². The normalized spacial score (nSPS) is 15.1. The molecule has 1 saturated carbocycles. The summed E-state index contributed by atoms with van der Waals surface area (Å²) in [4.78, 5) is 2.34. The minimum atomic E-state index is 0.162. The Labute approximate surface area is 173 Å². The van der Waals surface area contributed by atoms with Gasteiger partial charge in [0.05, 0.1) is 20.3 Å². The Hall–Kier alpha value is -2.27. The largest absolute Gasteiger partial charge is 0.497 e. The molecule has 0 saturated heterocycles. The van der Waals surface area contributed by atoms with Crippen molar-refractivity contribution < 1.29 is 9.47 Å². The highest BCUT2D eigenvalue weighted by Gasteiger charge is 2.26. The van der Waals surface area contributed by atoms with E-state index in [1.807, 2.05) is 18.2 Å². The van der Waals surface area contributed by atoms with Crippen LogP contribution in [0.25, 0.3) is 0 Å². The second kappa shape index (κ2) is 9.78. The maximum atomic E-state index is 5.86. The second-order valence-electron chi connectivity index (χ2n) is 7.33. The highest BCUT2D eigenvalue weighted by atomic mass is 32.1. The Bertz CT molecular complexity index is 775. The molecule has 0 heterocycles. The minimum absolute atomic E-state index is 0.162. The number of methoxy groups -OCH3 is 2. The molecule has 1 atom stereocenters. The van der Waals surface area contributed by atoms with Crippen LogP contribution in [0.1, 0.15) is 49.8 Å². The summed E-state index contributed by atoms with van der Waals surface area (Å²) in [6.07, 6.45) is 4.88. The summed E-state index contributed by atoms with van der Waals surface area (Å²) in [5.74, 6) is 1.63. The molecular formula is C23H30N2O2S. The van der Waals surface area contributed by atoms with E-state index in [-0.39, 0.29) is 6.04 Å². The Kier molecular flexibility index (Phi) is 7.15. The number of nitrogens with one attached hydrogen (secondary N) is 1. The Morgan fingerprint density at radius 3 is 2.46 bits per heavy atom. The van der Waals surface area contributed by atoms with Crippen LogP contribution in [0.5, 0.6) is 11.5 Å². The van der Waals surface area contributed by atoms with E-state index in [1.54, 1.807) is 14.2 Å². The van der Waals surface area contributed by atoms with Crippen molar-refractivity contribution >= 4 is 17.3 Å². The lowest BCUT2D eigenvalue weighted by molar-refractivity contribution is 0.294. The number of hydrogen-bond donors (Lipinski definition) is 1. The predicted octanol–water partition coefficient (Wildman–Crippen LogP) is 5.08. The highest BCUT2D eigenvalue weighted by molar-refractivity contribution is 7.80. The fourth-order valence-electron chi connectivity index (χ4n) is 3.84. The molecule has 0 radical (unpaired) electrons. The van der Waals surface area contributed by atoms with Gasteiger partial charge in [-0.3, -0.25) is 0 Å². The molecule has 3 rings (SSSR count). The molecule has 1 N–H and O–H groups in total. The van der Waals surface area contributed by atoms with Crippen LogP contribution >= 0.6 is 12.2 Å². The van der Waals surface area contributed by atoms with Crippen molar-refractivity contribution in [2.45, 2.75) is 51.2 Å². The number of ether oxygens (including phenoxy) is 2. The molecule has 0 aliphatic heterocycles. The summed E-state index contributed by atoms with van der Waals surface area (Å²) in [6.45, 7) is 2.88. The summed E-state index contributed by atoms with van der Waals surface area (Å²) in [5.41, 5.74) is 2.35. The van der Waals surface area contributed by atoms with E-state index in [0.29, 0.717) is 6.04 Å². The van der Waals surface area contributed by atoms with E-state index in [1.165, 1.54) is 31.2 Å². The molecule has 1 aliphatic carbocycles. The van der Waals surface area contributed by atoms with Gasteiger partial charge in [-0.2, -0.15) is 0 Å². The number of nitrogens with zero attached hydrogens (tertiary/aromatic N) is 1. The molecule has 4 nitrogen and oxygen atoms in total. The summed E-state index contributed by atoms with van der Waals surface area (Å²) in [6, 6.07) is 17.0. The zero-order chi connectivity index (χ0) is 19.9. The Balaban J connectivity index is 1.78. The second-order valence-corrected chi connectivity index (χ2v) is 7.71. The van der Waals surface area contributed by atoms with Crippen molar-refractivity contribution in [3.8, 4) is 11.5 Å². The highest BCUT2D eigenvalue weighted by Crippen LogP contribution is 2.30. The number of benzene rings is 2. The van der Waals surface area contributed by atoms with Gasteiger partial charge in [-0.15, -0.1) is 0 Å². The van der Waals surface area contributed by atoms with Crippen molar-refractivity contribution in [1.29, 1.82) is 0 Å². The first-order valence-electron chi connectivity index (χ1n) is 9.95. The van der Waals surface area contributed by atoms with Gasteiger partial charge in [0, 0.05) is 24.2 Å². The average Bonchev–Trinajstić information content (AvgIpc) is 3.26. The molecule has 2 aromatic carbocycles. The molecule has 1 fully saturated rings. The lowest BCUT2D eigenvalue weighted by Crippen LogP contribution is -2.45. The van der Waals surface area contributed by atoms with Crippen LogP contribution in [0.3, 0.4) is 0 Å². The van der Waals surface area contributed by atoms with Gasteiger partial charge < -0.3 is 19.7 Å². The summed E-state index contributed by atoms with van der Waals surface area (Å²) >= 11 is 5.86. The van der Waals surface area contributed by atoms with Crippen LogP contribution in [-0.2, 0) is 6.54 Å². The first-order valence-corrected chi connectivity index (χ1v) is 10.4. The standard InChI is InChI=1S/C23H30N2O2S/c1-17(18-9-5-4-6-10-18)24-23(28)25(20-11-7-8-12-20)16-19-13-14-21(26-2)15-22(19)27-3/h4-6,9-10,13-15,17,20H,7-8,11-12,16H2,1-3H3,(H,24,28). The summed E-state index contributed by atoms with van der Waals surface area (Å²) in [7, 11) is 3.37. The fourth-order valence-corrected chi connectivity index (χ4v) is 4.23. The van der Waals surface area contributed by atoms with Gasteiger partial charge in [0.1, 0.15) is 11.5 Å². The lowest BCUT2D eigenvalue weighted by atomic mass is 10.1. The number of hydrogen-bond acceptors (Lipinski definition) is 3. The molecule has 28 heavy (non-hydrogen) atoms. The summed E-state index contributed by atoms with van der Waals surface area (Å²) in [5, 5.41) is 4.35. The van der Waals surface area contributed by atoms with Gasteiger partial charge >= 0.3 is 0 Å². The first kappa shape index (κ1) is 20.5. The van der Waals surface area contributed by atoms with Gasteiger partial charge in [-0.25, -0.2) is 0 Å². The van der Waals surface area contributed by atoms with Crippen LogP contribution in [-0.4, -0.2) is 30.3 Å². The molecule has 0 amide bonds. The molecule has 0 aromatic heterocycles.